The lowest BCUT2D eigenvalue weighted by molar-refractivity contribution is 0.197. The minimum Gasteiger partial charge on any atom is -0.302 e. The highest BCUT2D eigenvalue weighted by molar-refractivity contribution is 6.30. The van der Waals surface area contributed by atoms with Crippen LogP contribution in [0.5, 0.6) is 0 Å². The lowest BCUT2D eigenvalue weighted by atomic mass is 9.94. The molecule has 164 valence electrons. The first-order valence-electron chi connectivity index (χ1n) is 11.6. The fraction of sp³-hybridized carbons (Fsp3) is 0.520. The molecule has 3 heterocycles. The average Bonchev–Trinajstić information content (AvgIpc) is 3.52. The molecule has 1 aromatic carbocycles. The molecule has 0 N–H and O–H groups in total. The molecule has 2 aromatic heterocycles. The molecule has 1 saturated carbocycles. The Kier molecular flexibility index (Phi) is 6.00. The number of nitrogens with zero attached hydrogens (tertiary/aromatic N) is 5. The van der Waals surface area contributed by atoms with Crippen LogP contribution in [0.25, 0.3) is 5.65 Å². The molecule has 2 aliphatic rings. The summed E-state index contributed by atoms with van der Waals surface area (Å²) < 4.78 is 2.13. The Morgan fingerprint density at radius 1 is 1.13 bits per heavy atom. The third kappa shape index (κ3) is 4.79. The van der Waals surface area contributed by atoms with Gasteiger partial charge in [0.05, 0.1) is 11.4 Å². The van der Waals surface area contributed by atoms with E-state index in [1.807, 2.05) is 18.3 Å². The number of piperidine rings is 1. The zero-order valence-corrected chi connectivity index (χ0v) is 19.4. The smallest absolute Gasteiger partial charge is 0.160 e. The first-order valence-corrected chi connectivity index (χ1v) is 11.9. The second kappa shape index (κ2) is 8.89. The van der Waals surface area contributed by atoms with Crippen molar-refractivity contribution in [3.05, 3.63) is 64.1 Å². The van der Waals surface area contributed by atoms with Crippen LogP contribution < -0.4 is 0 Å². The van der Waals surface area contributed by atoms with Gasteiger partial charge in [0.1, 0.15) is 0 Å². The molecule has 1 aliphatic heterocycles. The maximum atomic E-state index is 6.05. The van der Waals surface area contributed by atoms with Gasteiger partial charge in [-0.15, -0.1) is 0 Å². The van der Waals surface area contributed by atoms with Crippen LogP contribution in [0.15, 0.2) is 36.5 Å². The molecular formula is C25H32ClN5. The van der Waals surface area contributed by atoms with Gasteiger partial charge in [-0.2, -0.15) is 5.10 Å². The topological polar surface area (TPSA) is 36.7 Å². The first-order chi connectivity index (χ1) is 15.1. The molecule has 1 aliphatic carbocycles. The Morgan fingerprint density at radius 2 is 1.94 bits per heavy atom. The Bertz CT molecular complexity index is 1040. The zero-order chi connectivity index (χ0) is 21.4. The number of fused-ring (bicyclic) bond motifs is 1. The second-order valence-corrected chi connectivity index (χ2v) is 9.95. The normalized spacial score (nSPS) is 20.1. The fourth-order valence-corrected chi connectivity index (χ4v) is 5.10. The van der Waals surface area contributed by atoms with Gasteiger partial charge in [-0.25, -0.2) is 9.50 Å². The van der Waals surface area contributed by atoms with E-state index in [4.69, 9.17) is 21.7 Å². The van der Waals surface area contributed by atoms with Crippen LogP contribution in [-0.2, 0) is 13.1 Å². The monoisotopic (exact) mass is 437 g/mol. The molecule has 31 heavy (non-hydrogen) atoms. The summed E-state index contributed by atoms with van der Waals surface area (Å²) in [6.45, 7) is 7.40. The molecule has 6 heteroatoms. The average molecular weight is 438 g/mol. The highest BCUT2D eigenvalue weighted by atomic mass is 35.5. The summed E-state index contributed by atoms with van der Waals surface area (Å²) in [5.74, 6) is 1.37. The van der Waals surface area contributed by atoms with Crippen molar-refractivity contribution in [2.24, 2.45) is 5.92 Å². The molecule has 5 nitrogen and oxygen atoms in total. The molecule has 0 radical (unpaired) electrons. The van der Waals surface area contributed by atoms with Gasteiger partial charge in [0.15, 0.2) is 5.65 Å². The maximum absolute atomic E-state index is 6.05. The summed E-state index contributed by atoms with van der Waals surface area (Å²) in [4.78, 5) is 9.74. The molecule has 0 spiro atoms. The van der Waals surface area contributed by atoms with E-state index in [0.29, 0.717) is 5.92 Å². The summed E-state index contributed by atoms with van der Waals surface area (Å²) in [6.07, 6.45) is 7.16. The number of halogens is 1. The van der Waals surface area contributed by atoms with Crippen molar-refractivity contribution < 1.29 is 0 Å². The number of rotatable bonds is 7. The van der Waals surface area contributed by atoms with Crippen molar-refractivity contribution >= 4 is 17.2 Å². The van der Waals surface area contributed by atoms with Crippen molar-refractivity contribution in [2.75, 3.05) is 26.7 Å². The molecular weight excluding hydrogens is 406 g/mol. The van der Waals surface area contributed by atoms with Crippen LogP contribution in [-0.4, -0.2) is 51.1 Å². The quantitative estimate of drug-likeness (QED) is 0.526. The Morgan fingerprint density at radius 3 is 2.71 bits per heavy atom. The van der Waals surface area contributed by atoms with Crippen molar-refractivity contribution in [1.29, 1.82) is 0 Å². The largest absolute Gasteiger partial charge is 0.302 e. The van der Waals surface area contributed by atoms with Crippen LogP contribution in [0.4, 0.5) is 0 Å². The number of aryl methyl sites for hydroxylation is 1. The van der Waals surface area contributed by atoms with Crippen LogP contribution in [0.1, 0.15) is 54.1 Å². The van der Waals surface area contributed by atoms with Crippen LogP contribution in [0.2, 0.25) is 5.02 Å². The second-order valence-electron chi connectivity index (χ2n) is 9.51. The Hall–Kier alpha value is -1.95. The van der Waals surface area contributed by atoms with Crippen LogP contribution in [0.3, 0.4) is 0 Å². The molecule has 5 rings (SSSR count). The highest BCUT2D eigenvalue weighted by Gasteiger charge is 2.26. The van der Waals surface area contributed by atoms with E-state index in [0.717, 1.165) is 48.5 Å². The van der Waals surface area contributed by atoms with E-state index in [1.165, 1.54) is 49.0 Å². The predicted molar refractivity (Wildman–Crippen MR) is 125 cm³/mol. The molecule has 0 unspecified atom stereocenters. The van der Waals surface area contributed by atoms with Gasteiger partial charge in [-0.1, -0.05) is 23.7 Å². The molecule has 2 fully saturated rings. The third-order valence-electron chi connectivity index (χ3n) is 6.78. The van der Waals surface area contributed by atoms with Crippen molar-refractivity contribution in [3.63, 3.8) is 0 Å². The number of hydrogen-bond donors (Lipinski definition) is 0. The predicted octanol–water partition coefficient (Wildman–Crippen LogP) is 4.91. The van der Waals surface area contributed by atoms with Gasteiger partial charge in [-0.05, 0) is 75.9 Å². The maximum Gasteiger partial charge on any atom is 0.160 e. The van der Waals surface area contributed by atoms with Gasteiger partial charge in [0, 0.05) is 48.9 Å². The Balaban J connectivity index is 1.35. The van der Waals surface area contributed by atoms with Gasteiger partial charge >= 0.3 is 0 Å². The van der Waals surface area contributed by atoms with E-state index in [1.54, 1.807) is 0 Å². The lowest BCUT2D eigenvalue weighted by Gasteiger charge is -2.33. The number of benzene rings is 1. The lowest BCUT2D eigenvalue weighted by Crippen LogP contribution is -2.34. The van der Waals surface area contributed by atoms with Gasteiger partial charge < -0.3 is 4.90 Å². The number of hydrogen-bond acceptors (Lipinski definition) is 4. The Labute approximate surface area is 190 Å². The van der Waals surface area contributed by atoms with Gasteiger partial charge in [0.25, 0.3) is 0 Å². The van der Waals surface area contributed by atoms with Gasteiger partial charge in [-0.3, -0.25) is 4.90 Å². The minimum absolute atomic E-state index is 0.475. The summed E-state index contributed by atoms with van der Waals surface area (Å²) in [7, 11) is 2.22. The minimum atomic E-state index is 0.475. The molecule has 1 saturated heterocycles. The molecule has 1 atom stereocenters. The van der Waals surface area contributed by atoms with Crippen LogP contribution in [0, 0.1) is 12.8 Å². The zero-order valence-electron chi connectivity index (χ0n) is 18.6. The number of likely N-dealkylation sites (tertiary alicyclic amines) is 1. The third-order valence-corrected chi connectivity index (χ3v) is 7.03. The summed E-state index contributed by atoms with van der Waals surface area (Å²) in [6, 6.07) is 10.4. The van der Waals surface area contributed by atoms with Crippen LogP contribution >= 0.6 is 11.6 Å². The summed E-state index contributed by atoms with van der Waals surface area (Å²) in [5, 5.41) is 5.75. The molecule has 0 amide bonds. The molecule has 3 aromatic rings. The molecule has 0 bridgehead atoms. The highest BCUT2D eigenvalue weighted by Crippen LogP contribution is 2.31. The summed E-state index contributed by atoms with van der Waals surface area (Å²) >= 11 is 6.05. The fourth-order valence-electron chi connectivity index (χ4n) is 4.97. The van der Waals surface area contributed by atoms with Crippen molar-refractivity contribution in [3.8, 4) is 0 Å². The summed E-state index contributed by atoms with van der Waals surface area (Å²) in [5.41, 5.74) is 6.04. The van der Waals surface area contributed by atoms with E-state index in [2.05, 4.69) is 46.5 Å². The van der Waals surface area contributed by atoms with E-state index >= 15 is 0 Å². The first kappa shape index (κ1) is 20.9. The van der Waals surface area contributed by atoms with E-state index < -0.39 is 0 Å². The van der Waals surface area contributed by atoms with Crippen molar-refractivity contribution in [2.45, 2.75) is 51.6 Å². The van der Waals surface area contributed by atoms with Crippen molar-refractivity contribution in [1.82, 2.24) is 24.4 Å². The number of aromatic nitrogens is 3. The van der Waals surface area contributed by atoms with E-state index in [9.17, 15) is 0 Å². The standard InChI is InChI=1S/C25H32ClN5/c1-18-23(17-29(2)14-19-5-6-19)25-27-12-11-24(31(25)28-18)21-4-3-13-30(16-21)15-20-7-9-22(26)10-8-20/h7-12,19,21H,3-6,13-17H2,1-2H3/t21-/m0/s1. The van der Waals surface area contributed by atoms with Gasteiger partial charge in [0.2, 0.25) is 0 Å². The SMILES string of the molecule is Cc1nn2c([C@H]3CCCN(Cc4ccc(Cl)cc4)C3)ccnc2c1CN(C)CC1CC1. The van der Waals surface area contributed by atoms with E-state index in [-0.39, 0.29) is 0 Å².